The topological polar surface area (TPSA) is 66.4 Å². The molecule has 0 bridgehead atoms. The summed E-state index contributed by atoms with van der Waals surface area (Å²) in [5, 5.41) is 12.1. The minimum Gasteiger partial charge on any atom is -0.481 e. The van der Waals surface area contributed by atoms with Gasteiger partial charge in [-0.1, -0.05) is 23.7 Å². The van der Waals surface area contributed by atoms with E-state index >= 15 is 0 Å². The minimum atomic E-state index is -0.800. The number of carbonyl (C=O) groups excluding carboxylic acids is 1. The quantitative estimate of drug-likeness (QED) is 0.729. The van der Waals surface area contributed by atoms with Crippen LogP contribution in [-0.2, 0) is 15.3 Å². The summed E-state index contributed by atoms with van der Waals surface area (Å²) in [6.07, 6.45) is 1.40. The van der Waals surface area contributed by atoms with Crippen molar-refractivity contribution >= 4 is 35.2 Å². The van der Waals surface area contributed by atoms with Crippen molar-refractivity contribution in [3.05, 3.63) is 34.9 Å². The Hall–Kier alpha value is -1.20. The number of nitrogens with one attached hydrogen (secondary N) is 1. The summed E-state index contributed by atoms with van der Waals surface area (Å²) >= 11 is 7.42. The third kappa shape index (κ3) is 8.63. The van der Waals surface area contributed by atoms with Gasteiger partial charge in [0, 0.05) is 23.2 Å². The fraction of sp³-hybridized carbons (Fsp3) is 0.467. The number of aliphatic carboxylic acids is 1. The summed E-state index contributed by atoms with van der Waals surface area (Å²) in [6, 6.07) is 7.58. The Balaban J connectivity index is 2.17. The van der Waals surface area contributed by atoms with E-state index in [1.165, 1.54) is 11.8 Å². The van der Waals surface area contributed by atoms with Crippen LogP contribution in [0.5, 0.6) is 0 Å². The molecule has 0 saturated carbocycles. The van der Waals surface area contributed by atoms with Crippen molar-refractivity contribution in [2.45, 2.75) is 38.0 Å². The van der Waals surface area contributed by atoms with Gasteiger partial charge >= 0.3 is 5.97 Å². The first kappa shape index (κ1) is 17.9. The standard InChI is InChI=1S/C15H20ClNO3S/c1-11(4-2-7-15(19)20)17-14(18)10-21-9-12-5-3-6-13(16)8-12/h3,5-6,8,11H,2,4,7,9-10H2,1H3,(H,17,18)(H,19,20). The lowest BCUT2D eigenvalue weighted by molar-refractivity contribution is -0.137. The molecule has 0 radical (unpaired) electrons. The molecule has 0 aliphatic carbocycles. The molecular weight excluding hydrogens is 310 g/mol. The number of carboxylic acids is 1. The van der Waals surface area contributed by atoms with E-state index in [1.807, 2.05) is 31.2 Å². The van der Waals surface area contributed by atoms with Crippen molar-refractivity contribution in [1.82, 2.24) is 5.32 Å². The Morgan fingerprint density at radius 2 is 2.19 bits per heavy atom. The Bertz CT molecular complexity index is 482. The summed E-state index contributed by atoms with van der Waals surface area (Å²) < 4.78 is 0. The lowest BCUT2D eigenvalue weighted by Crippen LogP contribution is -2.33. The number of benzene rings is 1. The number of amides is 1. The summed E-state index contributed by atoms with van der Waals surface area (Å²) in [5.41, 5.74) is 1.09. The highest BCUT2D eigenvalue weighted by Crippen LogP contribution is 2.16. The molecule has 1 rings (SSSR count). The second-order valence-corrected chi connectivity index (χ2v) is 6.30. The van der Waals surface area contributed by atoms with E-state index in [9.17, 15) is 9.59 Å². The number of rotatable bonds is 9. The van der Waals surface area contributed by atoms with Crippen LogP contribution < -0.4 is 5.32 Å². The number of carbonyl (C=O) groups is 2. The fourth-order valence-corrected chi connectivity index (χ4v) is 2.84. The molecule has 1 aromatic rings. The van der Waals surface area contributed by atoms with Crippen LogP contribution in [-0.4, -0.2) is 28.8 Å². The van der Waals surface area contributed by atoms with E-state index in [0.29, 0.717) is 23.6 Å². The number of hydrogen-bond acceptors (Lipinski definition) is 3. The molecule has 6 heteroatoms. The van der Waals surface area contributed by atoms with Gasteiger partial charge in [-0.2, -0.15) is 0 Å². The zero-order chi connectivity index (χ0) is 15.7. The fourth-order valence-electron chi connectivity index (χ4n) is 1.84. The molecule has 0 heterocycles. The molecule has 0 saturated heterocycles. The zero-order valence-corrected chi connectivity index (χ0v) is 13.5. The first-order chi connectivity index (χ1) is 9.97. The van der Waals surface area contributed by atoms with Gasteiger partial charge in [-0.25, -0.2) is 0 Å². The molecule has 1 unspecified atom stereocenters. The van der Waals surface area contributed by atoms with Crippen molar-refractivity contribution in [1.29, 1.82) is 0 Å². The number of halogens is 1. The SMILES string of the molecule is CC(CCCC(=O)O)NC(=O)CSCc1cccc(Cl)c1. The van der Waals surface area contributed by atoms with Gasteiger partial charge in [-0.05, 0) is 37.5 Å². The number of thioether (sulfide) groups is 1. The van der Waals surface area contributed by atoms with E-state index in [4.69, 9.17) is 16.7 Å². The van der Waals surface area contributed by atoms with Crippen molar-refractivity contribution in [2.24, 2.45) is 0 Å². The predicted molar refractivity (Wildman–Crippen MR) is 86.7 cm³/mol. The molecule has 1 amide bonds. The average Bonchev–Trinajstić information content (AvgIpc) is 2.38. The lowest BCUT2D eigenvalue weighted by atomic mass is 10.1. The normalized spacial score (nSPS) is 11.9. The Kier molecular flexibility index (Phi) is 8.23. The minimum absolute atomic E-state index is 0.00335. The van der Waals surface area contributed by atoms with Crippen LogP contribution in [0, 0.1) is 0 Å². The maximum atomic E-state index is 11.7. The van der Waals surface area contributed by atoms with E-state index in [2.05, 4.69) is 5.32 Å². The number of hydrogen-bond donors (Lipinski definition) is 2. The van der Waals surface area contributed by atoms with E-state index < -0.39 is 5.97 Å². The molecular formula is C15H20ClNO3S. The van der Waals surface area contributed by atoms with Crippen molar-refractivity contribution in [3.8, 4) is 0 Å². The molecule has 1 aromatic carbocycles. The predicted octanol–water partition coefficient (Wildman–Crippen LogP) is 3.33. The molecule has 2 N–H and O–H groups in total. The number of carboxylic acid groups (broad SMARTS) is 1. The monoisotopic (exact) mass is 329 g/mol. The highest BCUT2D eigenvalue weighted by atomic mass is 35.5. The van der Waals surface area contributed by atoms with E-state index in [-0.39, 0.29) is 18.4 Å². The van der Waals surface area contributed by atoms with Gasteiger partial charge in [0.2, 0.25) is 5.91 Å². The van der Waals surface area contributed by atoms with E-state index in [1.54, 1.807) is 0 Å². The molecule has 0 fully saturated rings. The van der Waals surface area contributed by atoms with E-state index in [0.717, 1.165) is 11.3 Å². The highest BCUT2D eigenvalue weighted by Gasteiger charge is 2.08. The summed E-state index contributed by atoms with van der Waals surface area (Å²) in [6.45, 7) is 1.89. The molecule has 0 spiro atoms. The highest BCUT2D eigenvalue weighted by molar-refractivity contribution is 7.99. The van der Waals surface area contributed by atoms with Gasteiger partial charge in [0.25, 0.3) is 0 Å². The van der Waals surface area contributed by atoms with Crippen LogP contribution in [0.1, 0.15) is 31.7 Å². The van der Waals surface area contributed by atoms with Gasteiger partial charge in [0.05, 0.1) is 5.75 Å². The smallest absolute Gasteiger partial charge is 0.303 e. The molecule has 0 aliphatic rings. The maximum Gasteiger partial charge on any atom is 0.303 e. The Labute approximate surface area is 134 Å². The van der Waals surface area contributed by atoms with Crippen LogP contribution >= 0.6 is 23.4 Å². The summed E-state index contributed by atoms with van der Waals surface area (Å²) in [7, 11) is 0. The van der Waals surface area contributed by atoms with Crippen LogP contribution in [0.15, 0.2) is 24.3 Å². The van der Waals surface area contributed by atoms with Crippen LogP contribution in [0.25, 0.3) is 0 Å². The Morgan fingerprint density at radius 1 is 1.43 bits per heavy atom. The molecule has 0 aliphatic heterocycles. The van der Waals surface area contributed by atoms with Crippen molar-refractivity contribution < 1.29 is 14.7 Å². The third-order valence-corrected chi connectivity index (χ3v) is 4.06. The van der Waals surface area contributed by atoms with Gasteiger partial charge in [-0.3, -0.25) is 9.59 Å². The summed E-state index contributed by atoms with van der Waals surface area (Å²) in [5.74, 6) is 0.299. The van der Waals surface area contributed by atoms with Gasteiger partial charge in [-0.15, -0.1) is 11.8 Å². The van der Waals surface area contributed by atoms with Crippen molar-refractivity contribution in [3.63, 3.8) is 0 Å². The second-order valence-electron chi connectivity index (χ2n) is 4.88. The lowest BCUT2D eigenvalue weighted by Gasteiger charge is -2.13. The summed E-state index contributed by atoms with van der Waals surface area (Å²) in [4.78, 5) is 22.1. The molecule has 116 valence electrons. The van der Waals surface area contributed by atoms with Crippen LogP contribution in [0.4, 0.5) is 0 Å². The van der Waals surface area contributed by atoms with Gasteiger partial charge in [0.15, 0.2) is 0 Å². The van der Waals surface area contributed by atoms with Crippen LogP contribution in [0.3, 0.4) is 0 Å². The zero-order valence-electron chi connectivity index (χ0n) is 12.0. The van der Waals surface area contributed by atoms with Crippen molar-refractivity contribution in [2.75, 3.05) is 5.75 Å². The van der Waals surface area contributed by atoms with Crippen LogP contribution in [0.2, 0.25) is 5.02 Å². The van der Waals surface area contributed by atoms with Gasteiger partial charge in [0.1, 0.15) is 0 Å². The molecule has 0 aromatic heterocycles. The molecule has 21 heavy (non-hydrogen) atoms. The first-order valence-corrected chi connectivity index (χ1v) is 8.34. The van der Waals surface area contributed by atoms with Gasteiger partial charge < -0.3 is 10.4 Å². The molecule has 4 nitrogen and oxygen atoms in total. The second kappa shape index (κ2) is 9.68. The molecule has 1 atom stereocenters. The average molecular weight is 330 g/mol. The first-order valence-electron chi connectivity index (χ1n) is 6.80. The third-order valence-electron chi connectivity index (χ3n) is 2.83. The largest absolute Gasteiger partial charge is 0.481 e. The maximum absolute atomic E-state index is 11.7. The Morgan fingerprint density at radius 3 is 2.86 bits per heavy atom.